The molecule has 5 aliphatic carbocycles. The average molecular weight is 569 g/mol. The molecule has 2 aromatic rings. The molecule has 0 spiro atoms. The number of anilines is 2. The standard InChI is InChI=1S/C31H45FN6OS/c1-3-40-28-22(5-4-10-33-28)17-35-29-36-18-25(32)27(38-29)37-19-31-13-21-11-23(14-31)26(24(12-21)15-31)34-16-20-6-8-30(2,39)9-7-20/h4-5,10,18,20-21,23-24,26,34,39H,3,6-9,11-17,19H2,1-2H3,(H2,35,36,37,38)/t20-,21?,23-,24+,26-,30-,31-. The Morgan fingerprint density at radius 3 is 2.62 bits per heavy atom. The Labute approximate surface area is 242 Å². The molecular weight excluding hydrogens is 523 g/mol. The number of thioether (sulfide) groups is 1. The van der Waals surface area contributed by atoms with Crippen LogP contribution in [0.1, 0.15) is 77.2 Å². The highest BCUT2D eigenvalue weighted by Gasteiger charge is 2.55. The summed E-state index contributed by atoms with van der Waals surface area (Å²) in [5.74, 6) is 4.19. The molecule has 0 radical (unpaired) electrons. The molecule has 5 aliphatic rings. The second-order valence-electron chi connectivity index (χ2n) is 13.3. The zero-order valence-corrected chi connectivity index (χ0v) is 24.8. The number of nitrogens with zero attached hydrogens (tertiary/aromatic N) is 3. The lowest BCUT2D eigenvalue weighted by atomic mass is 9.48. The summed E-state index contributed by atoms with van der Waals surface area (Å²) < 4.78 is 14.8. The molecule has 5 fully saturated rings. The van der Waals surface area contributed by atoms with Gasteiger partial charge in [-0.3, -0.25) is 0 Å². The highest BCUT2D eigenvalue weighted by Crippen LogP contribution is 2.60. The molecule has 1 unspecified atom stereocenters. The summed E-state index contributed by atoms with van der Waals surface area (Å²) in [7, 11) is 0. The zero-order chi connectivity index (χ0) is 27.7. The van der Waals surface area contributed by atoms with Gasteiger partial charge in [0.2, 0.25) is 5.95 Å². The number of halogens is 1. The van der Waals surface area contributed by atoms with Crippen LogP contribution in [-0.4, -0.2) is 50.5 Å². The molecule has 4 bridgehead atoms. The Hall–Kier alpha value is -1.97. The smallest absolute Gasteiger partial charge is 0.225 e. The van der Waals surface area contributed by atoms with Crippen molar-refractivity contribution in [2.24, 2.45) is 29.1 Å². The number of nitrogens with one attached hydrogen (secondary N) is 3. The van der Waals surface area contributed by atoms with Crippen molar-refractivity contribution in [3.63, 3.8) is 0 Å². The lowest BCUT2D eigenvalue weighted by Crippen LogP contribution is -2.60. The molecular formula is C31H45FN6OS. The number of hydrogen-bond acceptors (Lipinski definition) is 8. The summed E-state index contributed by atoms with van der Waals surface area (Å²) in [5.41, 5.74) is 0.851. The van der Waals surface area contributed by atoms with Crippen molar-refractivity contribution in [3.05, 3.63) is 35.9 Å². The van der Waals surface area contributed by atoms with E-state index in [-0.39, 0.29) is 5.41 Å². The van der Waals surface area contributed by atoms with Crippen LogP contribution >= 0.6 is 11.8 Å². The largest absolute Gasteiger partial charge is 0.390 e. The lowest BCUT2D eigenvalue weighted by molar-refractivity contribution is -0.0711. The Morgan fingerprint density at radius 1 is 1.10 bits per heavy atom. The molecule has 5 atom stereocenters. The van der Waals surface area contributed by atoms with Gasteiger partial charge < -0.3 is 21.1 Å². The fourth-order valence-corrected chi connectivity index (χ4v) is 9.13. The van der Waals surface area contributed by atoms with E-state index in [2.05, 4.69) is 43.9 Å². The van der Waals surface area contributed by atoms with Gasteiger partial charge in [0.15, 0.2) is 11.6 Å². The van der Waals surface area contributed by atoms with Gasteiger partial charge in [-0.05, 0) is 112 Å². The predicted molar refractivity (Wildman–Crippen MR) is 159 cm³/mol. The summed E-state index contributed by atoms with van der Waals surface area (Å²) in [6, 6.07) is 4.60. The molecule has 2 aromatic heterocycles. The summed E-state index contributed by atoms with van der Waals surface area (Å²) in [5, 5.41) is 22.0. The van der Waals surface area contributed by atoms with E-state index in [1.54, 1.807) is 11.8 Å². The third kappa shape index (κ3) is 6.26. The topological polar surface area (TPSA) is 95.0 Å². The molecule has 7 nitrogen and oxygen atoms in total. The van der Waals surface area contributed by atoms with E-state index in [0.29, 0.717) is 42.1 Å². The molecule has 5 saturated carbocycles. The first kappa shape index (κ1) is 28.2. The molecule has 2 heterocycles. The summed E-state index contributed by atoms with van der Waals surface area (Å²) in [4.78, 5) is 13.2. The Kier molecular flexibility index (Phi) is 8.26. The maximum absolute atomic E-state index is 14.8. The maximum Gasteiger partial charge on any atom is 0.225 e. The quantitative estimate of drug-likeness (QED) is 0.250. The van der Waals surface area contributed by atoms with Crippen LogP contribution in [0, 0.1) is 34.9 Å². The molecule has 0 aromatic carbocycles. The highest BCUT2D eigenvalue weighted by atomic mass is 32.2. The van der Waals surface area contributed by atoms with Crippen molar-refractivity contribution in [2.75, 3.05) is 29.5 Å². The van der Waals surface area contributed by atoms with E-state index >= 15 is 0 Å². The van der Waals surface area contributed by atoms with Crippen molar-refractivity contribution in [1.29, 1.82) is 0 Å². The van der Waals surface area contributed by atoms with E-state index in [4.69, 9.17) is 0 Å². The second-order valence-corrected chi connectivity index (χ2v) is 14.6. The second kappa shape index (κ2) is 11.7. The fraction of sp³-hybridized carbons (Fsp3) is 0.710. The Bertz CT molecular complexity index is 1150. The van der Waals surface area contributed by atoms with Gasteiger partial charge in [-0.2, -0.15) is 4.98 Å². The van der Waals surface area contributed by atoms with Gasteiger partial charge >= 0.3 is 0 Å². The van der Waals surface area contributed by atoms with Crippen molar-refractivity contribution in [2.45, 2.75) is 94.8 Å². The molecule has 0 aliphatic heterocycles. The highest BCUT2D eigenvalue weighted by molar-refractivity contribution is 7.99. The van der Waals surface area contributed by atoms with Gasteiger partial charge in [-0.1, -0.05) is 13.0 Å². The van der Waals surface area contributed by atoms with E-state index in [1.165, 1.54) is 38.3 Å². The molecule has 4 N–H and O–H groups in total. The minimum atomic E-state index is -0.463. The van der Waals surface area contributed by atoms with Gasteiger partial charge in [0.05, 0.1) is 11.8 Å². The molecule has 218 valence electrons. The minimum Gasteiger partial charge on any atom is -0.390 e. The molecule has 0 saturated heterocycles. The van der Waals surface area contributed by atoms with Gasteiger partial charge in [-0.15, -0.1) is 11.8 Å². The van der Waals surface area contributed by atoms with Crippen molar-refractivity contribution < 1.29 is 9.50 Å². The van der Waals surface area contributed by atoms with Crippen molar-refractivity contribution >= 4 is 23.5 Å². The zero-order valence-electron chi connectivity index (χ0n) is 24.0. The molecule has 7 rings (SSSR count). The maximum atomic E-state index is 14.8. The van der Waals surface area contributed by atoms with E-state index in [0.717, 1.165) is 61.0 Å². The molecule has 0 amide bonds. The minimum absolute atomic E-state index is 0.227. The Balaban J connectivity index is 1.05. The third-order valence-corrected chi connectivity index (χ3v) is 11.1. The lowest BCUT2D eigenvalue weighted by Gasteiger charge is -2.60. The van der Waals surface area contributed by atoms with Crippen LogP contribution in [-0.2, 0) is 6.54 Å². The van der Waals surface area contributed by atoms with Gasteiger partial charge in [0, 0.05) is 30.9 Å². The van der Waals surface area contributed by atoms with Crippen molar-refractivity contribution in [3.8, 4) is 0 Å². The first-order chi connectivity index (χ1) is 19.3. The van der Waals surface area contributed by atoms with Crippen LogP contribution in [0.5, 0.6) is 0 Å². The van der Waals surface area contributed by atoms with Crippen LogP contribution < -0.4 is 16.0 Å². The number of aliphatic hydroxyl groups is 1. The van der Waals surface area contributed by atoms with Crippen molar-refractivity contribution in [1.82, 2.24) is 20.3 Å². The molecule has 40 heavy (non-hydrogen) atoms. The number of hydrogen-bond donors (Lipinski definition) is 4. The number of aromatic nitrogens is 3. The van der Waals surface area contributed by atoms with Crippen LogP contribution in [0.25, 0.3) is 0 Å². The number of rotatable bonds is 11. The SMILES string of the molecule is CCSc1ncccc1CNc1ncc(F)c(NC[C@]23CC4C[C@H](C2)[C@@H](NC[C@H]2CC[C@](C)(O)CC2)[C@@H](C4)C3)n1. The molecule has 9 heteroatoms. The van der Waals surface area contributed by atoms with Crippen LogP contribution in [0.15, 0.2) is 29.6 Å². The normalized spacial score (nSPS) is 34.6. The third-order valence-electron chi connectivity index (χ3n) is 10.2. The van der Waals surface area contributed by atoms with Gasteiger partial charge in [-0.25, -0.2) is 14.4 Å². The van der Waals surface area contributed by atoms with Crippen LogP contribution in [0.4, 0.5) is 16.2 Å². The first-order valence-electron chi connectivity index (χ1n) is 15.3. The summed E-state index contributed by atoms with van der Waals surface area (Å²) in [6.45, 7) is 6.50. The van der Waals surface area contributed by atoms with E-state index < -0.39 is 11.4 Å². The number of pyridine rings is 1. The van der Waals surface area contributed by atoms with E-state index in [9.17, 15) is 9.50 Å². The summed E-state index contributed by atoms with van der Waals surface area (Å²) >= 11 is 1.71. The van der Waals surface area contributed by atoms with Gasteiger partial charge in [0.25, 0.3) is 0 Å². The van der Waals surface area contributed by atoms with Gasteiger partial charge in [0.1, 0.15) is 5.03 Å². The average Bonchev–Trinajstić information content (AvgIpc) is 2.93. The summed E-state index contributed by atoms with van der Waals surface area (Å²) in [6.07, 6.45) is 13.5. The van der Waals surface area contributed by atoms with Crippen LogP contribution in [0.2, 0.25) is 0 Å². The van der Waals surface area contributed by atoms with Crippen LogP contribution in [0.3, 0.4) is 0 Å². The fourth-order valence-electron chi connectivity index (χ4n) is 8.40. The monoisotopic (exact) mass is 568 g/mol. The van der Waals surface area contributed by atoms with E-state index in [1.807, 2.05) is 19.2 Å². The first-order valence-corrected chi connectivity index (χ1v) is 16.3. The predicted octanol–water partition coefficient (Wildman–Crippen LogP) is 5.87. The Morgan fingerprint density at radius 2 is 1.88 bits per heavy atom.